The Bertz CT molecular complexity index is 431. The fraction of sp³-hybridized carbons (Fsp3) is 0.625. The van der Waals surface area contributed by atoms with Crippen LogP contribution in [0.5, 0.6) is 0 Å². The Balaban J connectivity index is 2.14. The second-order valence-electron chi connectivity index (χ2n) is 6.42. The third-order valence-electron chi connectivity index (χ3n) is 3.99. The topological polar surface area (TPSA) is 15.3 Å². The summed E-state index contributed by atoms with van der Waals surface area (Å²) in [6, 6.07) is 8.28. The van der Waals surface area contributed by atoms with Crippen LogP contribution in [0.1, 0.15) is 32.8 Å². The molecule has 1 aliphatic heterocycles. The Morgan fingerprint density at radius 2 is 1.95 bits per heavy atom. The molecule has 0 aromatic heterocycles. The van der Waals surface area contributed by atoms with Crippen molar-refractivity contribution in [2.24, 2.45) is 0 Å². The minimum atomic E-state index is -2.81. The van der Waals surface area contributed by atoms with E-state index in [1.54, 1.807) is 18.2 Å². The third kappa shape index (κ3) is 3.76. The zero-order valence-electron chi connectivity index (χ0n) is 12.5. The molecule has 1 aromatic rings. The minimum Gasteiger partial charge on any atom is -0.310 e. The lowest BCUT2D eigenvalue weighted by molar-refractivity contribution is -0.0489. The first-order valence-corrected chi connectivity index (χ1v) is 7.23. The molecular formula is C16H24F2N2. The van der Waals surface area contributed by atoms with Crippen LogP contribution in [-0.2, 0) is 5.92 Å². The van der Waals surface area contributed by atoms with Crippen molar-refractivity contribution < 1.29 is 8.78 Å². The highest BCUT2D eigenvalue weighted by molar-refractivity contribution is 5.20. The summed E-state index contributed by atoms with van der Waals surface area (Å²) in [5.41, 5.74) is -0.0282. The first kappa shape index (κ1) is 15.4. The second-order valence-corrected chi connectivity index (χ2v) is 6.42. The molecule has 0 bridgehead atoms. The molecule has 4 heteroatoms. The summed E-state index contributed by atoms with van der Waals surface area (Å²) in [4.78, 5) is 1.91. The lowest BCUT2D eigenvalue weighted by Gasteiger charge is -2.35. The van der Waals surface area contributed by atoms with E-state index in [4.69, 9.17) is 0 Å². The van der Waals surface area contributed by atoms with Gasteiger partial charge in [0.1, 0.15) is 0 Å². The molecule has 2 rings (SSSR count). The van der Waals surface area contributed by atoms with Crippen LogP contribution < -0.4 is 5.32 Å². The van der Waals surface area contributed by atoms with Crippen molar-refractivity contribution >= 4 is 0 Å². The number of hydrogen-bond donors (Lipinski definition) is 1. The fourth-order valence-corrected chi connectivity index (χ4v) is 2.76. The highest BCUT2D eigenvalue weighted by Crippen LogP contribution is 2.30. The van der Waals surface area contributed by atoms with Gasteiger partial charge in [0, 0.05) is 23.7 Å². The molecular weight excluding hydrogens is 258 g/mol. The lowest BCUT2D eigenvalue weighted by atomic mass is 10.0. The van der Waals surface area contributed by atoms with Gasteiger partial charge < -0.3 is 5.32 Å². The molecule has 0 aliphatic carbocycles. The minimum absolute atomic E-state index is 0.0993. The first-order chi connectivity index (χ1) is 9.30. The van der Waals surface area contributed by atoms with Gasteiger partial charge in [0.2, 0.25) is 0 Å². The highest BCUT2D eigenvalue weighted by atomic mass is 19.3. The molecule has 20 heavy (non-hydrogen) atoms. The van der Waals surface area contributed by atoms with Crippen molar-refractivity contribution in [3.8, 4) is 0 Å². The van der Waals surface area contributed by atoms with Crippen LogP contribution in [-0.4, -0.2) is 36.1 Å². The van der Waals surface area contributed by atoms with Gasteiger partial charge in [-0.15, -0.1) is 0 Å². The normalized spacial score (nSPS) is 24.4. The first-order valence-electron chi connectivity index (χ1n) is 7.23. The average Bonchev–Trinajstić information content (AvgIpc) is 2.49. The quantitative estimate of drug-likeness (QED) is 0.915. The number of benzene rings is 1. The van der Waals surface area contributed by atoms with Crippen LogP contribution in [0.4, 0.5) is 8.78 Å². The Morgan fingerprint density at radius 1 is 1.30 bits per heavy atom. The van der Waals surface area contributed by atoms with Crippen molar-refractivity contribution in [2.75, 3.05) is 19.6 Å². The molecule has 0 radical (unpaired) electrons. The monoisotopic (exact) mass is 282 g/mol. The van der Waals surface area contributed by atoms with E-state index in [-0.39, 0.29) is 23.7 Å². The van der Waals surface area contributed by atoms with Gasteiger partial charge in [0.25, 0.3) is 5.92 Å². The molecule has 1 N–H and O–H groups in total. The second kappa shape index (κ2) is 5.78. The zero-order chi connectivity index (χ0) is 14.8. The summed E-state index contributed by atoms with van der Waals surface area (Å²) >= 11 is 0. The predicted molar refractivity (Wildman–Crippen MR) is 78.1 cm³/mol. The van der Waals surface area contributed by atoms with Crippen LogP contribution >= 0.6 is 0 Å². The maximum absolute atomic E-state index is 14.4. The number of hydrogen-bond acceptors (Lipinski definition) is 2. The largest absolute Gasteiger partial charge is 0.310 e. The van der Waals surface area contributed by atoms with Crippen LogP contribution in [0.3, 0.4) is 0 Å². The number of alkyl halides is 2. The summed E-state index contributed by atoms with van der Waals surface area (Å²) in [5, 5.41) is 3.42. The Morgan fingerprint density at radius 3 is 2.60 bits per heavy atom. The van der Waals surface area contributed by atoms with Gasteiger partial charge in [-0.05, 0) is 33.7 Å². The zero-order valence-corrected chi connectivity index (χ0v) is 12.5. The van der Waals surface area contributed by atoms with E-state index in [9.17, 15) is 8.78 Å². The van der Waals surface area contributed by atoms with E-state index in [2.05, 4.69) is 19.2 Å². The fourth-order valence-electron chi connectivity index (χ4n) is 2.76. The van der Waals surface area contributed by atoms with Gasteiger partial charge in [-0.1, -0.05) is 30.3 Å². The summed E-state index contributed by atoms with van der Waals surface area (Å²) < 4.78 is 28.9. The number of halogens is 2. The van der Waals surface area contributed by atoms with Gasteiger partial charge in [0.15, 0.2) is 0 Å². The smallest absolute Gasteiger partial charge is 0.285 e. The molecule has 1 unspecified atom stereocenters. The molecule has 1 aliphatic rings. The SMILES string of the molecule is CC1CCNC(C)(C)CN1CC(F)(F)c1ccccc1. The van der Waals surface area contributed by atoms with Crippen molar-refractivity contribution in [1.29, 1.82) is 0 Å². The number of nitrogens with zero attached hydrogens (tertiary/aromatic N) is 1. The standard InChI is InChI=1S/C16H24F2N2/c1-13-9-10-19-15(2,3)11-20(13)12-16(17,18)14-7-5-4-6-8-14/h4-8,13,19H,9-12H2,1-3H3. The molecule has 0 amide bonds. The van der Waals surface area contributed by atoms with Gasteiger partial charge >= 0.3 is 0 Å². The average molecular weight is 282 g/mol. The molecule has 2 nitrogen and oxygen atoms in total. The van der Waals surface area contributed by atoms with Crippen molar-refractivity contribution in [3.05, 3.63) is 35.9 Å². The van der Waals surface area contributed by atoms with E-state index < -0.39 is 5.92 Å². The molecule has 1 atom stereocenters. The number of rotatable bonds is 3. The van der Waals surface area contributed by atoms with E-state index >= 15 is 0 Å². The van der Waals surface area contributed by atoms with Crippen LogP contribution in [0.25, 0.3) is 0 Å². The van der Waals surface area contributed by atoms with E-state index in [1.165, 1.54) is 12.1 Å². The van der Waals surface area contributed by atoms with Crippen molar-refractivity contribution in [3.63, 3.8) is 0 Å². The molecule has 1 heterocycles. The Labute approximate surface area is 120 Å². The Kier molecular flexibility index (Phi) is 4.45. The lowest BCUT2D eigenvalue weighted by Crippen LogP contribution is -2.50. The van der Waals surface area contributed by atoms with Gasteiger partial charge in [-0.3, -0.25) is 4.90 Å². The molecule has 0 spiro atoms. The summed E-state index contributed by atoms with van der Waals surface area (Å²) in [6.45, 7) is 7.46. The predicted octanol–water partition coefficient (Wildman–Crippen LogP) is 3.24. The van der Waals surface area contributed by atoms with E-state index in [0.717, 1.165) is 13.0 Å². The summed E-state index contributed by atoms with van der Waals surface area (Å²) in [7, 11) is 0. The van der Waals surface area contributed by atoms with E-state index in [1.807, 2.05) is 11.8 Å². The van der Waals surface area contributed by atoms with E-state index in [0.29, 0.717) is 6.54 Å². The molecule has 0 saturated carbocycles. The van der Waals surface area contributed by atoms with Crippen LogP contribution in [0.15, 0.2) is 30.3 Å². The molecule has 1 saturated heterocycles. The van der Waals surface area contributed by atoms with Crippen molar-refractivity contribution in [1.82, 2.24) is 10.2 Å². The van der Waals surface area contributed by atoms with Crippen LogP contribution in [0, 0.1) is 0 Å². The van der Waals surface area contributed by atoms with Crippen molar-refractivity contribution in [2.45, 2.75) is 44.7 Å². The van der Waals surface area contributed by atoms with Gasteiger partial charge in [0.05, 0.1) is 6.54 Å². The summed E-state index contributed by atoms with van der Waals surface area (Å²) in [5.74, 6) is -2.81. The van der Waals surface area contributed by atoms with Gasteiger partial charge in [-0.25, -0.2) is 0 Å². The summed E-state index contributed by atoms with van der Waals surface area (Å²) in [6.07, 6.45) is 0.897. The maximum atomic E-state index is 14.4. The Hall–Kier alpha value is -1.00. The maximum Gasteiger partial charge on any atom is 0.285 e. The molecule has 112 valence electrons. The molecule has 1 aromatic carbocycles. The molecule has 1 fully saturated rings. The third-order valence-corrected chi connectivity index (χ3v) is 3.99. The van der Waals surface area contributed by atoms with Gasteiger partial charge in [-0.2, -0.15) is 8.78 Å². The number of nitrogens with one attached hydrogen (secondary N) is 1. The van der Waals surface area contributed by atoms with Crippen LogP contribution in [0.2, 0.25) is 0 Å². The highest BCUT2D eigenvalue weighted by Gasteiger charge is 2.38.